The topological polar surface area (TPSA) is 44.8 Å². The maximum atomic E-state index is 11.0. The van der Waals surface area contributed by atoms with Crippen LogP contribution in [0, 0.1) is 0 Å². The highest BCUT2D eigenvalue weighted by Gasteiger charge is 2.17. The van der Waals surface area contributed by atoms with Crippen LogP contribution < -0.4 is 0 Å². The number of carbonyl (C=O) groups excluding carboxylic acids is 1. The van der Waals surface area contributed by atoms with Crippen LogP contribution in [0.1, 0.15) is 34.1 Å². The predicted octanol–water partition coefficient (Wildman–Crippen LogP) is 0.376. The third-order valence-electron chi connectivity index (χ3n) is 1.41. The minimum Gasteiger partial charge on any atom is -0.529 e. The number of rotatable bonds is 6. The van der Waals surface area contributed by atoms with Crippen LogP contribution in [0.25, 0.3) is 0 Å². The monoisotopic (exact) mass is 220 g/mol. The maximum absolute atomic E-state index is 11.0. The zero-order valence-electron chi connectivity index (χ0n) is 9.57. The van der Waals surface area contributed by atoms with Crippen LogP contribution in [-0.4, -0.2) is 35.0 Å². The Labute approximate surface area is 88.5 Å². The Morgan fingerprint density at radius 2 is 1.57 bits per heavy atom. The Balaban J connectivity index is 4.03. The van der Waals surface area contributed by atoms with Crippen LogP contribution in [-0.2, 0) is 18.7 Å². The van der Waals surface area contributed by atoms with Gasteiger partial charge in [0.2, 0.25) is 10.5 Å². The van der Waals surface area contributed by atoms with Gasteiger partial charge < -0.3 is 13.9 Å². The van der Waals surface area contributed by atoms with Crippen molar-refractivity contribution in [2.24, 2.45) is 0 Å². The first kappa shape index (κ1) is 13.6. The molecule has 0 spiro atoms. The Hall–Kier alpha value is -0.393. The van der Waals surface area contributed by atoms with Crippen molar-refractivity contribution in [3.8, 4) is 0 Å². The molecule has 0 aliphatic rings. The molecule has 0 amide bonds. The highest BCUT2D eigenvalue weighted by atomic mass is 28.2. The van der Waals surface area contributed by atoms with Crippen molar-refractivity contribution in [1.82, 2.24) is 0 Å². The molecule has 0 aliphatic carbocycles. The van der Waals surface area contributed by atoms with Crippen molar-refractivity contribution < 1.29 is 18.7 Å². The van der Waals surface area contributed by atoms with Gasteiger partial charge in [-0.1, -0.05) is 0 Å². The quantitative estimate of drug-likeness (QED) is 0.479. The predicted molar refractivity (Wildman–Crippen MR) is 56.9 cm³/mol. The Morgan fingerprint density at radius 3 is 1.86 bits per heavy atom. The fourth-order valence-electron chi connectivity index (χ4n) is 0.955. The summed E-state index contributed by atoms with van der Waals surface area (Å²) in [5.41, 5.74) is 0. The second kappa shape index (κ2) is 6.97. The molecule has 0 aliphatic heterocycles. The fraction of sp³-hybridized carbons (Fsp3) is 0.889. The molecule has 0 aromatic heterocycles. The molecule has 0 saturated carbocycles. The number of ether oxygens (including phenoxy) is 2. The molecule has 0 N–H and O–H groups in total. The lowest BCUT2D eigenvalue weighted by atomic mass is 10.4. The van der Waals surface area contributed by atoms with Gasteiger partial charge in [0.05, 0.1) is 18.6 Å². The minimum atomic E-state index is -0.489. The van der Waals surface area contributed by atoms with Gasteiger partial charge in [-0.25, -0.2) is 0 Å². The van der Waals surface area contributed by atoms with Gasteiger partial charge in [0.25, 0.3) is 5.97 Å². The van der Waals surface area contributed by atoms with Gasteiger partial charge in [-0.3, -0.25) is 4.79 Å². The molecular weight excluding hydrogens is 200 g/mol. The number of hydrogen-bond donors (Lipinski definition) is 0. The van der Waals surface area contributed by atoms with E-state index < -0.39 is 6.29 Å². The van der Waals surface area contributed by atoms with Gasteiger partial charge in [0, 0.05) is 0 Å². The minimum absolute atomic E-state index is 0.0423. The van der Waals surface area contributed by atoms with Crippen molar-refractivity contribution in [2.45, 2.75) is 52.6 Å². The summed E-state index contributed by atoms with van der Waals surface area (Å²) in [6.45, 7) is 7.62. The lowest BCUT2D eigenvalue weighted by molar-refractivity contribution is -0.190. The van der Waals surface area contributed by atoms with E-state index in [1.807, 2.05) is 27.7 Å². The molecular formula is C9H20O4Si. The van der Waals surface area contributed by atoms with E-state index in [0.29, 0.717) is 10.5 Å². The average Bonchev–Trinajstić information content (AvgIpc) is 2.01. The summed E-state index contributed by atoms with van der Waals surface area (Å²) in [5, 5.41) is 0. The lowest BCUT2D eigenvalue weighted by Crippen LogP contribution is -2.27. The van der Waals surface area contributed by atoms with Crippen molar-refractivity contribution in [3.63, 3.8) is 0 Å². The zero-order valence-corrected chi connectivity index (χ0v) is 11.6. The van der Waals surface area contributed by atoms with E-state index in [4.69, 9.17) is 9.47 Å². The van der Waals surface area contributed by atoms with Crippen LogP contribution in [0.3, 0.4) is 0 Å². The van der Waals surface area contributed by atoms with Gasteiger partial charge in [-0.05, 0) is 27.7 Å². The SMILES string of the molecule is CC(C)OC(CC(=O)O[SiH3])OC(C)C. The summed E-state index contributed by atoms with van der Waals surface area (Å²) in [5.74, 6) is -0.261. The molecule has 0 unspecified atom stereocenters. The van der Waals surface area contributed by atoms with Crippen LogP contribution in [0.15, 0.2) is 0 Å². The maximum Gasteiger partial charge on any atom is 0.296 e. The van der Waals surface area contributed by atoms with Gasteiger partial charge in [0.1, 0.15) is 0 Å². The first-order valence-corrected chi connectivity index (χ1v) is 5.65. The molecule has 0 bridgehead atoms. The van der Waals surface area contributed by atoms with E-state index >= 15 is 0 Å². The van der Waals surface area contributed by atoms with Crippen LogP contribution in [0.5, 0.6) is 0 Å². The van der Waals surface area contributed by atoms with Crippen molar-refractivity contribution >= 4 is 16.5 Å². The van der Waals surface area contributed by atoms with E-state index in [2.05, 4.69) is 4.43 Å². The Kier molecular flexibility index (Phi) is 6.78. The first-order valence-electron chi connectivity index (χ1n) is 4.83. The summed E-state index contributed by atoms with van der Waals surface area (Å²) < 4.78 is 15.5. The lowest BCUT2D eigenvalue weighted by Gasteiger charge is -2.22. The fourth-order valence-corrected chi connectivity index (χ4v) is 1.12. The van der Waals surface area contributed by atoms with Crippen molar-refractivity contribution in [1.29, 1.82) is 0 Å². The highest BCUT2D eigenvalue weighted by molar-refractivity contribution is 6.05. The highest BCUT2D eigenvalue weighted by Crippen LogP contribution is 2.08. The zero-order chi connectivity index (χ0) is 11.1. The van der Waals surface area contributed by atoms with E-state index in [1.54, 1.807) is 0 Å². The van der Waals surface area contributed by atoms with E-state index in [9.17, 15) is 4.79 Å². The van der Waals surface area contributed by atoms with E-state index in [0.717, 1.165) is 0 Å². The van der Waals surface area contributed by atoms with Gasteiger partial charge in [-0.15, -0.1) is 0 Å². The molecule has 0 rings (SSSR count). The Morgan fingerprint density at radius 1 is 1.14 bits per heavy atom. The summed E-state index contributed by atoms with van der Waals surface area (Å²) in [7, 11) is 0.415. The van der Waals surface area contributed by atoms with Gasteiger partial charge in [-0.2, -0.15) is 0 Å². The molecule has 0 atom stereocenters. The second-order valence-electron chi connectivity index (χ2n) is 3.58. The van der Waals surface area contributed by atoms with E-state index in [-0.39, 0.29) is 24.6 Å². The van der Waals surface area contributed by atoms with Gasteiger partial charge in [0.15, 0.2) is 6.29 Å². The molecule has 0 saturated heterocycles. The standard InChI is InChI=1S/C9H20O4Si/c1-6(2)11-9(12-7(3)4)5-8(10)13-14/h6-7,9H,5H2,1-4,14H3. The molecule has 5 heteroatoms. The summed E-state index contributed by atoms with van der Waals surface area (Å²) in [6.07, 6.45) is -0.238. The molecule has 0 aromatic rings. The van der Waals surface area contributed by atoms with Crippen LogP contribution in [0.4, 0.5) is 0 Å². The second-order valence-corrected chi connectivity index (χ2v) is 3.99. The largest absolute Gasteiger partial charge is 0.529 e. The summed E-state index contributed by atoms with van der Waals surface area (Å²) in [6, 6.07) is 0. The summed E-state index contributed by atoms with van der Waals surface area (Å²) in [4.78, 5) is 11.0. The molecule has 0 aromatic carbocycles. The van der Waals surface area contributed by atoms with Gasteiger partial charge >= 0.3 is 0 Å². The molecule has 0 fully saturated rings. The smallest absolute Gasteiger partial charge is 0.296 e. The average molecular weight is 220 g/mol. The number of carbonyl (C=O) groups is 1. The summed E-state index contributed by atoms with van der Waals surface area (Å²) >= 11 is 0. The normalized spacial score (nSPS) is 11.6. The van der Waals surface area contributed by atoms with Crippen LogP contribution >= 0.6 is 0 Å². The van der Waals surface area contributed by atoms with Crippen molar-refractivity contribution in [3.05, 3.63) is 0 Å². The molecule has 84 valence electrons. The van der Waals surface area contributed by atoms with E-state index in [1.165, 1.54) is 0 Å². The molecule has 0 radical (unpaired) electrons. The van der Waals surface area contributed by atoms with Crippen molar-refractivity contribution in [2.75, 3.05) is 0 Å². The third-order valence-corrected chi connectivity index (χ3v) is 1.86. The number of hydrogen-bond acceptors (Lipinski definition) is 4. The third kappa shape index (κ3) is 7.05. The van der Waals surface area contributed by atoms with Crippen LogP contribution in [0.2, 0.25) is 0 Å². The molecule has 0 heterocycles. The Bertz CT molecular complexity index is 160. The molecule has 14 heavy (non-hydrogen) atoms. The molecule has 4 nitrogen and oxygen atoms in total. The first-order chi connectivity index (χ1) is 6.45.